The molecule has 5 rings (SSSR count). The Morgan fingerprint density at radius 1 is 0.913 bits per heavy atom. The minimum atomic E-state index is -0.113. The largest absolute Gasteiger partial charge is 0.335 e. The monoisotopic (exact) mass is 312 g/mol. The van der Waals surface area contributed by atoms with E-state index in [1.54, 1.807) is 31.2 Å². The van der Waals surface area contributed by atoms with Gasteiger partial charge in [-0.1, -0.05) is 0 Å². The average Bonchev–Trinajstić information content (AvgIpc) is 2.50. The lowest BCUT2D eigenvalue weighted by molar-refractivity contribution is -0.00883. The highest BCUT2D eigenvalue weighted by molar-refractivity contribution is 5.95. The smallest absolute Gasteiger partial charge is 0.319 e. The topological polar surface area (TPSA) is 58.2 Å². The van der Waals surface area contributed by atoms with Crippen molar-refractivity contribution in [3.8, 4) is 0 Å². The SMILES string of the molecule is CC(=O)c1ccc(NC(=O)NC2C3CC4CC(C3)CC2C4)cc1. The summed E-state index contributed by atoms with van der Waals surface area (Å²) < 4.78 is 0. The van der Waals surface area contributed by atoms with Crippen LogP contribution in [0.4, 0.5) is 10.5 Å². The fourth-order valence-corrected chi connectivity index (χ4v) is 5.27. The van der Waals surface area contributed by atoms with Crippen molar-refractivity contribution in [3.05, 3.63) is 29.8 Å². The summed E-state index contributed by atoms with van der Waals surface area (Å²) in [5.41, 5.74) is 1.40. The zero-order valence-corrected chi connectivity index (χ0v) is 13.5. The summed E-state index contributed by atoms with van der Waals surface area (Å²) in [4.78, 5) is 23.6. The number of carbonyl (C=O) groups excluding carboxylic acids is 2. The molecular weight excluding hydrogens is 288 g/mol. The maximum atomic E-state index is 12.3. The van der Waals surface area contributed by atoms with Crippen LogP contribution in [0.1, 0.15) is 49.4 Å². The molecule has 0 radical (unpaired) electrons. The van der Waals surface area contributed by atoms with Crippen molar-refractivity contribution in [2.24, 2.45) is 23.7 Å². The zero-order valence-electron chi connectivity index (χ0n) is 13.5. The second-order valence-corrected chi connectivity index (χ2v) is 7.69. The number of amides is 2. The van der Waals surface area contributed by atoms with Crippen LogP contribution in [-0.4, -0.2) is 17.9 Å². The van der Waals surface area contributed by atoms with Gasteiger partial charge in [-0.3, -0.25) is 4.79 Å². The summed E-state index contributed by atoms with van der Waals surface area (Å²) >= 11 is 0. The summed E-state index contributed by atoms with van der Waals surface area (Å²) in [5.74, 6) is 3.22. The Balaban J connectivity index is 1.37. The van der Waals surface area contributed by atoms with Gasteiger partial charge in [0, 0.05) is 17.3 Å². The Morgan fingerprint density at radius 3 is 2.00 bits per heavy atom. The van der Waals surface area contributed by atoms with Crippen LogP contribution in [-0.2, 0) is 0 Å². The molecule has 23 heavy (non-hydrogen) atoms. The summed E-state index contributed by atoms with van der Waals surface area (Å²) in [6.45, 7) is 1.54. The molecule has 4 fully saturated rings. The van der Waals surface area contributed by atoms with Crippen LogP contribution in [0.2, 0.25) is 0 Å². The third-order valence-corrected chi connectivity index (χ3v) is 6.07. The quantitative estimate of drug-likeness (QED) is 0.833. The highest BCUT2D eigenvalue weighted by atomic mass is 16.2. The first-order valence-electron chi connectivity index (χ1n) is 8.77. The fourth-order valence-electron chi connectivity index (χ4n) is 5.27. The third kappa shape index (κ3) is 2.87. The molecule has 4 aliphatic rings. The molecule has 122 valence electrons. The molecule has 1 aromatic rings. The van der Waals surface area contributed by atoms with Crippen molar-refractivity contribution < 1.29 is 9.59 Å². The van der Waals surface area contributed by atoms with Crippen LogP contribution in [0, 0.1) is 23.7 Å². The predicted octanol–water partition coefficient (Wildman–Crippen LogP) is 3.84. The van der Waals surface area contributed by atoms with E-state index in [0.717, 1.165) is 17.5 Å². The molecule has 4 nitrogen and oxygen atoms in total. The minimum Gasteiger partial charge on any atom is -0.335 e. The van der Waals surface area contributed by atoms with Gasteiger partial charge >= 0.3 is 6.03 Å². The highest BCUT2D eigenvalue weighted by Gasteiger charge is 2.48. The van der Waals surface area contributed by atoms with Crippen molar-refractivity contribution in [1.82, 2.24) is 5.32 Å². The maximum Gasteiger partial charge on any atom is 0.319 e. The fraction of sp³-hybridized carbons (Fsp3) is 0.579. The van der Waals surface area contributed by atoms with Crippen molar-refractivity contribution in [2.75, 3.05) is 5.32 Å². The standard InChI is InChI=1S/C19H24N2O2/c1-11(22)14-2-4-17(5-3-14)20-19(23)21-18-15-7-12-6-13(9-15)10-16(18)8-12/h2-5,12-13,15-16,18H,6-10H2,1H3,(H2,20,21,23). The van der Waals surface area contributed by atoms with Crippen molar-refractivity contribution in [2.45, 2.75) is 45.1 Å². The molecule has 0 atom stereocenters. The number of urea groups is 1. The molecule has 4 saturated carbocycles. The molecule has 0 saturated heterocycles. The van der Waals surface area contributed by atoms with Gasteiger partial charge in [0.25, 0.3) is 0 Å². The van der Waals surface area contributed by atoms with Crippen LogP contribution in [0.5, 0.6) is 0 Å². The first-order valence-corrected chi connectivity index (χ1v) is 8.77. The second-order valence-electron chi connectivity index (χ2n) is 7.69. The number of ketones is 1. The molecule has 0 aliphatic heterocycles. The summed E-state index contributed by atoms with van der Waals surface area (Å²) in [7, 11) is 0. The molecular formula is C19H24N2O2. The van der Waals surface area contributed by atoms with E-state index in [4.69, 9.17) is 0 Å². The van der Waals surface area contributed by atoms with E-state index in [0.29, 0.717) is 23.4 Å². The Bertz CT molecular complexity index is 595. The Kier molecular flexibility index (Phi) is 3.63. The van der Waals surface area contributed by atoms with E-state index in [1.807, 2.05) is 0 Å². The maximum absolute atomic E-state index is 12.3. The minimum absolute atomic E-state index is 0.0367. The van der Waals surface area contributed by atoms with E-state index < -0.39 is 0 Å². The second kappa shape index (κ2) is 5.66. The molecule has 4 bridgehead atoms. The number of hydrogen-bond acceptors (Lipinski definition) is 2. The van der Waals surface area contributed by atoms with Gasteiger partial charge in [-0.2, -0.15) is 0 Å². The molecule has 0 spiro atoms. The molecule has 0 aromatic heterocycles. The van der Waals surface area contributed by atoms with Gasteiger partial charge in [0.1, 0.15) is 0 Å². The number of nitrogens with one attached hydrogen (secondary N) is 2. The number of Topliss-reactive ketones (excluding diaryl/α,β-unsaturated/α-hetero) is 1. The first-order chi connectivity index (χ1) is 11.1. The van der Waals surface area contributed by atoms with Gasteiger partial charge in [0.2, 0.25) is 0 Å². The van der Waals surface area contributed by atoms with E-state index in [1.165, 1.54) is 32.1 Å². The lowest BCUT2D eigenvalue weighted by Crippen LogP contribution is -2.56. The van der Waals surface area contributed by atoms with Gasteiger partial charge in [0.15, 0.2) is 5.78 Å². The molecule has 0 unspecified atom stereocenters. The van der Waals surface area contributed by atoms with Crippen LogP contribution in [0.3, 0.4) is 0 Å². The van der Waals surface area contributed by atoms with Crippen LogP contribution in [0.15, 0.2) is 24.3 Å². The molecule has 0 heterocycles. The molecule has 2 amide bonds. The predicted molar refractivity (Wildman–Crippen MR) is 89.4 cm³/mol. The molecule has 4 heteroatoms. The van der Waals surface area contributed by atoms with Gasteiger partial charge < -0.3 is 10.6 Å². The molecule has 4 aliphatic carbocycles. The Labute approximate surface area is 137 Å². The van der Waals surface area contributed by atoms with Crippen molar-refractivity contribution >= 4 is 17.5 Å². The van der Waals surface area contributed by atoms with Crippen LogP contribution < -0.4 is 10.6 Å². The number of carbonyl (C=O) groups is 2. The van der Waals surface area contributed by atoms with E-state index in [2.05, 4.69) is 10.6 Å². The summed E-state index contributed by atoms with van der Waals surface area (Å²) in [6, 6.07) is 7.31. The van der Waals surface area contributed by atoms with Gasteiger partial charge in [0.05, 0.1) is 0 Å². The zero-order chi connectivity index (χ0) is 16.0. The molecule has 1 aromatic carbocycles. The average molecular weight is 312 g/mol. The normalized spacial score (nSPS) is 34.2. The third-order valence-electron chi connectivity index (χ3n) is 6.07. The van der Waals surface area contributed by atoms with E-state index in [-0.39, 0.29) is 11.8 Å². The van der Waals surface area contributed by atoms with Crippen LogP contribution in [0.25, 0.3) is 0 Å². The highest BCUT2D eigenvalue weighted by Crippen LogP contribution is 2.53. The van der Waals surface area contributed by atoms with Gasteiger partial charge in [-0.05, 0) is 87.0 Å². The Morgan fingerprint density at radius 2 is 1.48 bits per heavy atom. The lowest BCUT2D eigenvalue weighted by atomic mass is 9.54. The number of anilines is 1. The number of benzene rings is 1. The summed E-state index contributed by atoms with van der Waals surface area (Å²) in [6.07, 6.45) is 6.61. The summed E-state index contributed by atoms with van der Waals surface area (Å²) in [5, 5.41) is 6.14. The van der Waals surface area contributed by atoms with Crippen molar-refractivity contribution in [3.63, 3.8) is 0 Å². The first kappa shape index (κ1) is 14.7. The van der Waals surface area contributed by atoms with Crippen LogP contribution >= 0.6 is 0 Å². The van der Waals surface area contributed by atoms with Gasteiger partial charge in [-0.15, -0.1) is 0 Å². The lowest BCUT2D eigenvalue weighted by Gasteiger charge is -2.54. The van der Waals surface area contributed by atoms with E-state index >= 15 is 0 Å². The Hall–Kier alpha value is -1.84. The van der Waals surface area contributed by atoms with Gasteiger partial charge in [-0.25, -0.2) is 4.79 Å². The molecule has 2 N–H and O–H groups in total. The number of hydrogen-bond donors (Lipinski definition) is 2. The van der Waals surface area contributed by atoms with Crippen molar-refractivity contribution in [1.29, 1.82) is 0 Å². The number of rotatable bonds is 3. The van der Waals surface area contributed by atoms with E-state index in [9.17, 15) is 9.59 Å².